The molecule has 19 heavy (non-hydrogen) atoms. The number of halogens is 4. The summed E-state index contributed by atoms with van der Waals surface area (Å²) in [6.45, 7) is 0. The summed E-state index contributed by atoms with van der Waals surface area (Å²) in [4.78, 5) is 0. The fourth-order valence-electron chi connectivity index (χ4n) is 1.51. The van der Waals surface area contributed by atoms with Gasteiger partial charge in [0.2, 0.25) is 0 Å². The van der Waals surface area contributed by atoms with Crippen LogP contribution in [-0.2, 0) is 0 Å². The van der Waals surface area contributed by atoms with Crippen LogP contribution in [0.5, 0.6) is 0 Å². The smallest absolute Gasteiger partial charge is 0.182 e. The fraction of sp³-hybridized carbons (Fsp3) is 0. The lowest BCUT2D eigenvalue weighted by Crippen LogP contribution is -1.99. The van der Waals surface area contributed by atoms with E-state index in [4.69, 9.17) is 5.26 Å². The maximum absolute atomic E-state index is 13.5. The van der Waals surface area contributed by atoms with E-state index in [1.807, 2.05) is 6.07 Å². The fourth-order valence-corrected chi connectivity index (χ4v) is 1.87. The largest absolute Gasteiger partial charge is 0.352 e. The number of benzene rings is 2. The summed E-state index contributed by atoms with van der Waals surface area (Å²) in [5.41, 5.74) is 0.111. The van der Waals surface area contributed by atoms with Crippen molar-refractivity contribution in [3.63, 3.8) is 0 Å². The lowest BCUT2D eigenvalue weighted by atomic mass is 10.2. The van der Waals surface area contributed by atoms with E-state index in [0.717, 1.165) is 6.07 Å². The Morgan fingerprint density at radius 1 is 1.05 bits per heavy atom. The predicted molar refractivity (Wildman–Crippen MR) is 68.5 cm³/mol. The summed E-state index contributed by atoms with van der Waals surface area (Å²) >= 11 is 3.19. The quantitative estimate of drug-likeness (QED) is 0.826. The van der Waals surface area contributed by atoms with Gasteiger partial charge in [-0.2, -0.15) is 5.26 Å². The van der Waals surface area contributed by atoms with Gasteiger partial charge >= 0.3 is 0 Å². The zero-order valence-corrected chi connectivity index (χ0v) is 10.9. The van der Waals surface area contributed by atoms with Crippen molar-refractivity contribution in [2.24, 2.45) is 0 Å². The van der Waals surface area contributed by atoms with Crippen LogP contribution in [0.3, 0.4) is 0 Å². The third kappa shape index (κ3) is 2.88. The molecule has 2 aromatic rings. The molecule has 0 amide bonds. The van der Waals surface area contributed by atoms with Gasteiger partial charge in [0.25, 0.3) is 0 Å². The minimum Gasteiger partial charge on any atom is -0.352 e. The highest BCUT2D eigenvalue weighted by Gasteiger charge is 2.12. The molecule has 2 nitrogen and oxygen atoms in total. The molecule has 0 heterocycles. The molecule has 0 aliphatic rings. The van der Waals surface area contributed by atoms with Crippen LogP contribution in [0.2, 0.25) is 0 Å². The normalized spacial score (nSPS) is 10.1. The maximum atomic E-state index is 13.5. The molecule has 1 N–H and O–H groups in total. The number of hydrogen-bond donors (Lipinski definition) is 1. The van der Waals surface area contributed by atoms with Crippen molar-refractivity contribution in [3.05, 3.63) is 57.8 Å². The topological polar surface area (TPSA) is 35.8 Å². The van der Waals surface area contributed by atoms with E-state index in [1.165, 1.54) is 12.1 Å². The molecule has 2 rings (SSSR count). The second-order valence-corrected chi connectivity index (χ2v) is 4.59. The van der Waals surface area contributed by atoms with E-state index in [1.54, 1.807) is 6.07 Å². The van der Waals surface area contributed by atoms with Crippen molar-refractivity contribution in [1.29, 1.82) is 5.26 Å². The van der Waals surface area contributed by atoms with Crippen molar-refractivity contribution in [2.75, 3.05) is 5.32 Å². The van der Waals surface area contributed by atoms with Crippen molar-refractivity contribution in [3.8, 4) is 6.07 Å². The number of nitriles is 1. The molecule has 0 aliphatic heterocycles. The van der Waals surface area contributed by atoms with Crippen LogP contribution in [0.1, 0.15) is 5.56 Å². The first-order valence-electron chi connectivity index (χ1n) is 5.12. The number of anilines is 2. The van der Waals surface area contributed by atoms with Gasteiger partial charge in [0.15, 0.2) is 11.6 Å². The zero-order valence-electron chi connectivity index (χ0n) is 9.35. The Hall–Kier alpha value is -2.00. The van der Waals surface area contributed by atoms with E-state index < -0.39 is 17.5 Å². The van der Waals surface area contributed by atoms with Crippen molar-refractivity contribution >= 4 is 27.3 Å². The van der Waals surface area contributed by atoms with Crippen molar-refractivity contribution in [2.45, 2.75) is 0 Å². The molecule has 0 spiro atoms. The van der Waals surface area contributed by atoms with E-state index in [2.05, 4.69) is 21.2 Å². The van der Waals surface area contributed by atoms with Crippen LogP contribution in [0, 0.1) is 28.8 Å². The molecule has 6 heteroatoms. The SMILES string of the molecule is N#Cc1ccc(Br)cc1Nc1cc(F)cc(F)c1F. The standard InChI is InChI=1S/C13H6BrF3N2/c14-8-2-1-7(6-18)11(3-8)19-12-5-9(15)4-10(16)13(12)17/h1-5,19H. The molecule has 96 valence electrons. The highest BCUT2D eigenvalue weighted by Crippen LogP contribution is 2.27. The number of nitrogens with zero attached hydrogens (tertiary/aromatic N) is 1. The first kappa shape index (κ1) is 13.4. The molecule has 0 aliphatic carbocycles. The Labute approximate surface area is 115 Å². The number of hydrogen-bond acceptors (Lipinski definition) is 2. The van der Waals surface area contributed by atoms with Gasteiger partial charge in [0.05, 0.1) is 16.9 Å². The summed E-state index contributed by atoms with van der Waals surface area (Å²) in [6, 6.07) is 7.82. The first-order valence-corrected chi connectivity index (χ1v) is 5.92. The number of rotatable bonds is 2. The summed E-state index contributed by atoms with van der Waals surface area (Å²) in [5.74, 6) is -3.41. The van der Waals surface area contributed by atoms with Gasteiger partial charge in [0, 0.05) is 16.6 Å². The van der Waals surface area contributed by atoms with E-state index in [0.29, 0.717) is 10.5 Å². The van der Waals surface area contributed by atoms with Crippen LogP contribution < -0.4 is 5.32 Å². The van der Waals surface area contributed by atoms with Crippen LogP contribution in [0.15, 0.2) is 34.8 Å². The summed E-state index contributed by atoms with van der Waals surface area (Å²) in [5, 5.41) is 11.4. The van der Waals surface area contributed by atoms with Gasteiger partial charge in [-0.15, -0.1) is 0 Å². The zero-order chi connectivity index (χ0) is 14.0. The van der Waals surface area contributed by atoms with Crippen LogP contribution in [0.25, 0.3) is 0 Å². The van der Waals surface area contributed by atoms with Gasteiger partial charge in [-0.25, -0.2) is 13.2 Å². The monoisotopic (exact) mass is 326 g/mol. The molecule has 0 bridgehead atoms. The molecule has 0 saturated heterocycles. The lowest BCUT2D eigenvalue weighted by Gasteiger charge is -2.10. The Balaban J connectivity index is 2.47. The number of nitrogens with one attached hydrogen (secondary N) is 1. The van der Waals surface area contributed by atoms with Crippen molar-refractivity contribution < 1.29 is 13.2 Å². The highest BCUT2D eigenvalue weighted by molar-refractivity contribution is 9.10. The Morgan fingerprint density at radius 3 is 2.47 bits per heavy atom. The minimum atomic E-state index is -1.30. The van der Waals surface area contributed by atoms with Crippen LogP contribution >= 0.6 is 15.9 Å². The maximum Gasteiger partial charge on any atom is 0.182 e. The van der Waals surface area contributed by atoms with Gasteiger partial charge in [0.1, 0.15) is 11.9 Å². The molecule has 0 atom stereocenters. The summed E-state index contributed by atoms with van der Waals surface area (Å²) in [7, 11) is 0. The molecule has 0 radical (unpaired) electrons. The Morgan fingerprint density at radius 2 is 1.79 bits per heavy atom. The molecule has 0 aromatic heterocycles. The van der Waals surface area contributed by atoms with E-state index in [-0.39, 0.29) is 16.9 Å². The predicted octanol–water partition coefficient (Wildman–Crippen LogP) is 4.48. The average Bonchev–Trinajstić information content (AvgIpc) is 2.35. The first-order chi connectivity index (χ1) is 9.01. The Kier molecular flexibility index (Phi) is 3.76. The van der Waals surface area contributed by atoms with Gasteiger partial charge in [-0.3, -0.25) is 0 Å². The summed E-state index contributed by atoms with van der Waals surface area (Å²) in [6.07, 6.45) is 0. The second-order valence-electron chi connectivity index (χ2n) is 3.68. The highest BCUT2D eigenvalue weighted by atomic mass is 79.9. The molecular weight excluding hydrogens is 321 g/mol. The van der Waals surface area contributed by atoms with E-state index in [9.17, 15) is 13.2 Å². The van der Waals surface area contributed by atoms with Gasteiger partial charge in [-0.1, -0.05) is 15.9 Å². The van der Waals surface area contributed by atoms with Gasteiger partial charge < -0.3 is 5.32 Å². The third-order valence-corrected chi connectivity index (χ3v) is 2.86. The molecule has 0 saturated carbocycles. The molecule has 2 aromatic carbocycles. The van der Waals surface area contributed by atoms with E-state index >= 15 is 0 Å². The molecular formula is C13H6BrF3N2. The van der Waals surface area contributed by atoms with Crippen molar-refractivity contribution in [1.82, 2.24) is 0 Å². The average molecular weight is 327 g/mol. The molecule has 0 fully saturated rings. The van der Waals surface area contributed by atoms with Crippen LogP contribution in [-0.4, -0.2) is 0 Å². The summed E-state index contributed by atoms with van der Waals surface area (Å²) < 4.78 is 40.3. The van der Waals surface area contributed by atoms with Gasteiger partial charge in [-0.05, 0) is 18.2 Å². The Bertz CT molecular complexity index is 680. The lowest BCUT2D eigenvalue weighted by molar-refractivity contribution is 0.498. The minimum absolute atomic E-state index is 0.229. The third-order valence-electron chi connectivity index (χ3n) is 2.36. The molecule has 0 unspecified atom stereocenters. The van der Waals surface area contributed by atoms with Crippen LogP contribution in [0.4, 0.5) is 24.5 Å². The second kappa shape index (κ2) is 5.33.